The van der Waals surface area contributed by atoms with E-state index in [-0.39, 0.29) is 23.1 Å². The van der Waals surface area contributed by atoms with Crippen molar-refractivity contribution < 1.29 is 35.2 Å². The predicted molar refractivity (Wildman–Crippen MR) is 108 cm³/mol. The third kappa shape index (κ3) is 4.19. The fourth-order valence-electron chi connectivity index (χ4n) is 3.10. The number of aliphatic hydroxyl groups is 6. The molecule has 7 nitrogen and oxygen atoms in total. The number of hydrogen-bond acceptors (Lipinski definition) is 7. The zero-order chi connectivity index (χ0) is 21.2. The molecule has 8 heteroatoms. The molecule has 1 aliphatic carbocycles. The van der Waals surface area contributed by atoms with Crippen molar-refractivity contribution in [3.8, 4) is 0 Å². The Morgan fingerprint density at radius 1 is 0.759 bits per heavy atom. The van der Waals surface area contributed by atoms with Gasteiger partial charge in [0.25, 0.3) is 5.95 Å². The van der Waals surface area contributed by atoms with Crippen LogP contribution in [0.5, 0.6) is 0 Å². The number of rotatable bonds is 5. The summed E-state index contributed by atoms with van der Waals surface area (Å²) in [4.78, 5) is 0. The molecule has 152 valence electrons. The molecule has 0 aliphatic heterocycles. The second kappa shape index (κ2) is 8.37. The number of hydrogen-bond donors (Lipinski definition) is 6. The van der Waals surface area contributed by atoms with E-state index in [4.69, 9.17) is 0 Å². The van der Waals surface area contributed by atoms with E-state index >= 15 is 0 Å². The van der Waals surface area contributed by atoms with Crippen molar-refractivity contribution >= 4 is 17.8 Å². The van der Waals surface area contributed by atoms with Crippen molar-refractivity contribution in [2.24, 2.45) is 0 Å². The third-order valence-corrected chi connectivity index (χ3v) is 7.86. The van der Waals surface area contributed by atoms with Crippen molar-refractivity contribution in [2.45, 2.75) is 19.0 Å². The Morgan fingerprint density at radius 2 is 1.21 bits per heavy atom. The molecule has 0 fully saturated rings. The van der Waals surface area contributed by atoms with E-state index in [0.29, 0.717) is 15.9 Å². The summed E-state index contributed by atoms with van der Waals surface area (Å²) in [6.45, 7) is 0. The van der Waals surface area contributed by atoms with Gasteiger partial charge >= 0.3 is 0 Å². The average molecular weight is 416 g/mol. The summed E-state index contributed by atoms with van der Waals surface area (Å²) in [5.41, 5.74) is 0.795. The molecule has 0 unspecified atom stereocenters. The van der Waals surface area contributed by atoms with Crippen LogP contribution in [0.25, 0.3) is 0 Å². The first-order valence-corrected chi connectivity index (χ1v) is 10.5. The highest BCUT2D eigenvalue weighted by Gasteiger charge is 2.32. The molecule has 6 N–H and O–H groups in total. The van der Waals surface area contributed by atoms with Gasteiger partial charge in [-0.1, -0.05) is 66.8 Å². The van der Waals surface area contributed by atoms with E-state index in [1.54, 1.807) is 36.4 Å². The van der Waals surface area contributed by atoms with Crippen LogP contribution in [0.3, 0.4) is 0 Å². The lowest BCUT2D eigenvalue weighted by molar-refractivity contribution is -0.0430. The lowest BCUT2D eigenvalue weighted by Crippen LogP contribution is -2.18. The van der Waals surface area contributed by atoms with Crippen molar-refractivity contribution in [1.29, 1.82) is 0 Å². The van der Waals surface area contributed by atoms with Crippen LogP contribution in [0, 0.1) is 0 Å². The summed E-state index contributed by atoms with van der Waals surface area (Å²) in [5.74, 6) is -0.797. The van der Waals surface area contributed by atoms with Gasteiger partial charge < -0.3 is 35.2 Å². The monoisotopic (exact) mass is 416 g/mol. The molecule has 29 heavy (non-hydrogen) atoms. The Balaban J connectivity index is 2.12. The lowest BCUT2D eigenvalue weighted by Gasteiger charge is -2.23. The highest BCUT2D eigenvalue weighted by atomic mass is 31.2. The molecule has 0 spiro atoms. The van der Waals surface area contributed by atoms with Gasteiger partial charge in [-0.15, -0.1) is 0 Å². The van der Waals surface area contributed by atoms with E-state index < -0.39 is 25.7 Å². The fourth-order valence-corrected chi connectivity index (χ4v) is 5.76. The molecule has 0 aromatic heterocycles. The van der Waals surface area contributed by atoms with Gasteiger partial charge in [0.1, 0.15) is 0 Å². The van der Waals surface area contributed by atoms with Gasteiger partial charge in [-0.05, 0) is 6.42 Å². The summed E-state index contributed by atoms with van der Waals surface area (Å²) in [7, 11) is -3.39. The van der Waals surface area contributed by atoms with Gasteiger partial charge in [-0.25, -0.2) is 0 Å². The number of allylic oxidation sites excluding steroid dienone is 5. The maximum Gasteiger partial charge on any atom is 0.277 e. The molecule has 1 aliphatic rings. The summed E-state index contributed by atoms with van der Waals surface area (Å²) in [6.07, 6.45) is 1.56. The van der Waals surface area contributed by atoms with Crippen molar-refractivity contribution in [3.05, 3.63) is 94.7 Å². The first-order valence-electron chi connectivity index (χ1n) is 8.76. The maximum atomic E-state index is 14.3. The smallest absolute Gasteiger partial charge is 0.277 e. The van der Waals surface area contributed by atoms with Crippen molar-refractivity contribution in [3.63, 3.8) is 0 Å². The molecular weight excluding hydrogens is 395 g/mol. The molecule has 0 saturated carbocycles. The van der Waals surface area contributed by atoms with Crippen molar-refractivity contribution in [2.75, 3.05) is 0 Å². The quantitative estimate of drug-likeness (QED) is 0.249. The van der Waals surface area contributed by atoms with Crippen LogP contribution in [-0.4, -0.2) is 30.6 Å². The first kappa shape index (κ1) is 21.0. The Morgan fingerprint density at radius 3 is 1.52 bits per heavy atom. The highest BCUT2D eigenvalue weighted by Crippen LogP contribution is 2.53. The van der Waals surface area contributed by atoms with Crippen LogP contribution in [0.2, 0.25) is 0 Å². The van der Waals surface area contributed by atoms with Crippen LogP contribution in [0.1, 0.15) is 30.1 Å². The fraction of sp³-hybridized carbons (Fsp3) is 0.143. The summed E-state index contributed by atoms with van der Waals surface area (Å²) >= 11 is 0. The Hall–Kier alpha value is -2.67. The number of benzene rings is 2. The topological polar surface area (TPSA) is 138 Å². The lowest BCUT2D eigenvalue weighted by atomic mass is 10.1. The zero-order valence-electron chi connectivity index (χ0n) is 15.3. The SMILES string of the molecule is O=P(C1=CCC(=C(O)O)C=C1)(c1ccc(C(O)O)cc1)c1ccc(C(O)O)cc1. The van der Waals surface area contributed by atoms with E-state index in [9.17, 15) is 35.2 Å². The molecule has 0 saturated heterocycles. The maximum absolute atomic E-state index is 14.3. The normalized spacial score (nSPS) is 14.4. The summed E-state index contributed by atoms with van der Waals surface area (Å²) in [5, 5.41) is 57.1. The highest BCUT2D eigenvalue weighted by molar-refractivity contribution is 7.82. The third-order valence-electron chi connectivity index (χ3n) is 4.75. The van der Waals surface area contributed by atoms with E-state index in [1.165, 1.54) is 30.3 Å². The molecule has 0 atom stereocenters. The van der Waals surface area contributed by atoms with Gasteiger partial charge in [0.2, 0.25) is 0 Å². The standard InChI is InChI=1S/C21H21O7P/c22-19(23)13-1-7-16(8-2-13)29(28,17-9-3-14(4-10-17)20(24)25)18-11-5-15(6-12-18)21(26)27/h1-5,7-12,19-20,22-27H,6H2. The molecule has 0 heterocycles. The predicted octanol–water partition coefficient (Wildman–Crippen LogP) is 2.14. The van der Waals surface area contributed by atoms with Crippen LogP contribution < -0.4 is 10.6 Å². The Kier molecular flexibility index (Phi) is 6.07. The second-order valence-corrected chi connectivity index (χ2v) is 9.32. The average Bonchev–Trinajstić information content (AvgIpc) is 2.73. The second-order valence-electron chi connectivity index (χ2n) is 6.55. The largest absolute Gasteiger partial charge is 0.481 e. The van der Waals surface area contributed by atoms with Gasteiger partial charge in [0.15, 0.2) is 19.7 Å². The molecule has 0 radical (unpaired) electrons. The van der Waals surface area contributed by atoms with E-state index in [2.05, 4.69) is 0 Å². The van der Waals surface area contributed by atoms with Gasteiger partial charge in [0, 0.05) is 32.6 Å². The van der Waals surface area contributed by atoms with Crippen LogP contribution in [0.4, 0.5) is 0 Å². The van der Waals surface area contributed by atoms with Gasteiger partial charge in [-0.2, -0.15) is 0 Å². The van der Waals surface area contributed by atoms with Gasteiger partial charge in [0.05, 0.1) is 0 Å². The minimum Gasteiger partial charge on any atom is -0.481 e. The van der Waals surface area contributed by atoms with Crippen LogP contribution in [-0.2, 0) is 4.57 Å². The van der Waals surface area contributed by atoms with Gasteiger partial charge in [-0.3, -0.25) is 0 Å². The zero-order valence-corrected chi connectivity index (χ0v) is 16.1. The summed E-state index contributed by atoms with van der Waals surface area (Å²) in [6, 6.07) is 12.1. The van der Waals surface area contributed by atoms with Crippen molar-refractivity contribution in [1.82, 2.24) is 0 Å². The van der Waals surface area contributed by atoms with E-state index in [0.717, 1.165) is 0 Å². The minimum absolute atomic E-state index is 0.180. The molecule has 3 rings (SSSR count). The Bertz CT molecular complexity index is 957. The molecule has 2 aromatic rings. The van der Waals surface area contributed by atoms with Crippen LogP contribution >= 0.6 is 7.14 Å². The number of aliphatic hydroxyl groups excluding tert-OH is 3. The van der Waals surface area contributed by atoms with Crippen LogP contribution in [0.15, 0.2) is 83.6 Å². The Labute approximate surface area is 167 Å². The molecular formula is C21H21O7P. The molecule has 0 amide bonds. The molecule has 0 bridgehead atoms. The first-order chi connectivity index (χ1) is 13.7. The minimum atomic E-state index is -3.39. The van der Waals surface area contributed by atoms with E-state index in [1.807, 2.05) is 0 Å². The summed E-state index contributed by atoms with van der Waals surface area (Å²) < 4.78 is 14.3. The molecule has 2 aromatic carbocycles.